The highest BCUT2D eigenvalue weighted by Gasteiger charge is 1.99. The first-order chi connectivity index (χ1) is 6.31. The monoisotopic (exact) mass is 190 g/mol. The Hall–Kier alpha value is -1.15. The molecule has 0 N–H and O–H groups in total. The van der Waals surface area contributed by atoms with Crippen LogP contribution in [0.2, 0.25) is 0 Å². The van der Waals surface area contributed by atoms with Gasteiger partial charge in [0.2, 0.25) is 0 Å². The fourth-order valence-electron chi connectivity index (χ4n) is 1.38. The number of ether oxygens (including phenoxy) is 1. The lowest BCUT2D eigenvalue weighted by Crippen LogP contribution is -1.83. The number of rotatable bonds is 1. The molecule has 2 aromatic rings. The number of hydrogen-bond donors (Lipinski definition) is 1. The van der Waals surface area contributed by atoms with Gasteiger partial charge in [0.1, 0.15) is 5.75 Å². The first-order valence-electron chi connectivity index (χ1n) is 4.07. The van der Waals surface area contributed by atoms with E-state index in [4.69, 9.17) is 4.74 Å². The summed E-state index contributed by atoms with van der Waals surface area (Å²) in [6, 6.07) is 12.1. The van der Waals surface area contributed by atoms with Crippen LogP contribution >= 0.6 is 12.6 Å². The van der Waals surface area contributed by atoms with Crippen LogP contribution in [0.15, 0.2) is 41.3 Å². The number of thiol groups is 1. The van der Waals surface area contributed by atoms with Gasteiger partial charge < -0.3 is 4.74 Å². The fourth-order valence-corrected chi connectivity index (χ4v) is 1.71. The van der Waals surface area contributed by atoms with Crippen molar-refractivity contribution in [1.29, 1.82) is 0 Å². The van der Waals surface area contributed by atoms with Gasteiger partial charge in [-0.25, -0.2) is 0 Å². The molecule has 0 aliphatic rings. The van der Waals surface area contributed by atoms with Crippen LogP contribution in [0.4, 0.5) is 0 Å². The van der Waals surface area contributed by atoms with Gasteiger partial charge in [0.05, 0.1) is 7.11 Å². The summed E-state index contributed by atoms with van der Waals surface area (Å²) < 4.78 is 5.15. The van der Waals surface area contributed by atoms with Crippen molar-refractivity contribution < 1.29 is 4.74 Å². The highest BCUT2D eigenvalue weighted by atomic mass is 32.1. The molecule has 0 amide bonds. The fraction of sp³-hybridized carbons (Fsp3) is 0.0909. The molecule has 0 heterocycles. The molecular weight excluding hydrogens is 180 g/mol. The molecule has 0 radical (unpaired) electrons. The quantitative estimate of drug-likeness (QED) is 0.680. The molecule has 13 heavy (non-hydrogen) atoms. The van der Waals surface area contributed by atoms with Gasteiger partial charge in [-0.05, 0) is 22.9 Å². The van der Waals surface area contributed by atoms with Crippen molar-refractivity contribution >= 4 is 23.4 Å². The largest absolute Gasteiger partial charge is 0.497 e. The molecule has 0 aromatic heterocycles. The third-order valence-corrected chi connectivity index (χ3v) is 2.42. The Kier molecular flexibility index (Phi) is 2.15. The Labute approximate surface area is 82.7 Å². The molecule has 0 saturated heterocycles. The summed E-state index contributed by atoms with van der Waals surface area (Å²) in [4.78, 5) is 0.954. The lowest BCUT2D eigenvalue weighted by molar-refractivity contribution is 0.414. The summed E-state index contributed by atoms with van der Waals surface area (Å²) in [7, 11) is 1.66. The molecule has 2 rings (SSSR count). The van der Waals surface area contributed by atoms with Crippen molar-refractivity contribution in [2.75, 3.05) is 7.11 Å². The van der Waals surface area contributed by atoms with Crippen molar-refractivity contribution in [3.63, 3.8) is 0 Å². The Morgan fingerprint density at radius 1 is 1.15 bits per heavy atom. The van der Waals surface area contributed by atoms with Gasteiger partial charge >= 0.3 is 0 Å². The van der Waals surface area contributed by atoms with Crippen LogP contribution in [0.1, 0.15) is 0 Å². The zero-order valence-corrected chi connectivity index (χ0v) is 8.21. The summed E-state index contributed by atoms with van der Waals surface area (Å²) in [6.45, 7) is 0. The van der Waals surface area contributed by atoms with Crippen LogP contribution in [0.25, 0.3) is 10.8 Å². The number of benzene rings is 2. The predicted molar refractivity (Wildman–Crippen MR) is 57.8 cm³/mol. The maximum absolute atomic E-state index is 5.15. The number of methoxy groups -OCH3 is 1. The van der Waals surface area contributed by atoms with Gasteiger partial charge in [-0.2, -0.15) is 0 Å². The van der Waals surface area contributed by atoms with E-state index in [9.17, 15) is 0 Å². The topological polar surface area (TPSA) is 9.23 Å². The first-order valence-corrected chi connectivity index (χ1v) is 4.52. The molecular formula is C11H10OS. The molecule has 0 unspecified atom stereocenters. The van der Waals surface area contributed by atoms with Crippen LogP contribution in [0, 0.1) is 0 Å². The maximum atomic E-state index is 5.15. The SMILES string of the molecule is COc1cc(S)c2ccccc2c1. The van der Waals surface area contributed by atoms with Crippen LogP contribution in [0.3, 0.4) is 0 Å². The predicted octanol–water partition coefficient (Wildman–Crippen LogP) is 3.14. The van der Waals surface area contributed by atoms with Crippen LogP contribution in [0.5, 0.6) is 5.75 Å². The zero-order chi connectivity index (χ0) is 9.26. The first kappa shape index (κ1) is 8.45. The van der Waals surface area contributed by atoms with Gasteiger partial charge in [0.15, 0.2) is 0 Å². The van der Waals surface area contributed by atoms with Crippen LogP contribution in [-0.2, 0) is 0 Å². The Balaban J connectivity index is 2.77. The molecule has 0 saturated carbocycles. The molecule has 0 aliphatic heterocycles. The standard InChI is InChI=1S/C11H10OS/c1-12-9-6-8-4-2-3-5-10(8)11(13)7-9/h2-7,13H,1H3. The molecule has 2 aromatic carbocycles. The van der Waals surface area contributed by atoms with E-state index < -0.39 is 0 Å². The number of hydrogen-bond acceptors (Lipinski definition) is 2. The van der Waals surface area contributed by atoms with Crippen molar-refractivity contribution in [2.45, 2.75) is 4.90 Å². The van der Waals surface area contributed by atoms with E-state index in [1.54, 1.807) is 7.11 Å². The molecule has 66 valence electrons. The van der Waals surface area contributed by atoms with E-state index >= 15 is 0 Å². The summed E-state index contributed by atoms with van der Waals surface area (Å²) in [5.74, 6) is 0.851. The summed E-state index contributed by atoms with van der Waals surface area (Å²) in [5, 5.41) is 2.32. The third kappa shape index (κ3) is 1.49. The molecule has 1 nitrogen and oxygen atoms in total. The van der Waals surface area contributed by atoms with E-state index in [-0.39, 0.29) is 0 Å². The second-order valence-corrected chi connectivity index (χ2v) is 3.35. The van der Waals surface area contributed by atoms with Crippen LogP contribution in [-0.4, -0.2) is 7.11 Å². The van der Waals surface area contributed by atoms with Gasteiger partial charge in [0, 0.05) is 4.90 Å². The van der Waals surface area contributed by atoms with E-state index in [0.717, 1.165) is 21.4 Å². The normalized spacial score (nSPS) is 10.3. The minimum absolute atomic E-state index is 0.851. The van der Waals surface area contributed by atoms with Crippen molar-refractivity contribution in [3.8, 4) is 5.75 Å². The minimum Gasteiger partial charge on any atom is -0.497 e. The number of fused-ring (bicyclic) bond motifs is 1. The van der Waals surface area contributed by atoms with Crippen molar-refractivity contribution in [3.05, 3.63) is 36.4 Å². The third-order valence-electron chi connectivity index (χ3n) is 2.05. The maximum Gasteiger partial charge on any atom is 0.120 e. The zero-order valence-electron chi connectivity index (χ0n) is 7.32. The van der Waals surface area contributed by atoms with E-state index in [0.29, 0.717) is 0 Å². The Bertz CT molecular complexity index is 437. The molecule has 0 aliphatic carbocycles. The summed E-state index contributed by atoms with van der Waals surface area (Å²) in [5.41, 5.74) is 0. The Morgan fingerprint density at radius 3 is 2.69 bits per heavy atom. The summed E-state index contributed by atoms with van der Waals surface area (Å²) in [6.07, 6.45) is 0. The second-order valence-electron chi connectivity index (χ2n) is 2.87. The van der Waals surface area contributed by atoms with Gasteiger partial charge in [0.25, 0.3) is 0 Å². The molecule has 0 fully saturated rings. The Morgan fingerprint density at radius 2 is 1.92 bits per heavy atom. The van der Waals surface area contributed by atoms with Crippen molar-refractivity contribution in [2.24, 2.45) is 0 Å². The minimum atomic E-state index is 0.851. The van der Waals surface area contributed by atoms with Crippen molar-refractivity contribution in [1.82, 2.24) is 0 Å². The second kappa shape index (κ2) is 3.30. The van der Waals surface area contributed by atoms with Crippen LogP contribution < -0.4 is 4.74 Å². The summed E-state index contributed by atoms with van der Waals surface area (Å²) >= 11 is 4.39. The van der Waals surface area contributed by atoms with E-state index in [1.165, 1.54) is 0 Å². The highest BCUT2D eigenvalue weighted by molar-refractivity contribution is 7.80. The molecule has 2 heteroatoms. The molecule has 0 atom stereocenters. The van der Waals surface area contributed by atoms with E-state index in [1.807, 2.05) is 24.3 Å². The lowest BCUT2D eigenvalue weighted by Gasteiger charge is -2.04. The molecule has 0 bridgehead atoms. The van der Waals surface area contributed by atoms with E-state index in [2.05, 4.69) is 24.8 Å². The average Bonchev–Trinajstić information content (AvgIpc) is 2.18. The van der Waals surface area contributed by atoms with Gasteiger partial charge in [-0.1, -0.05) is 24.3 Å². The average molecular weight is 190 g/mol. The highest BCUT2D eigenvalue weighted by Crippen LogP contribution is 2.27. The van der Waals surface area contributed by atoms with Gasteiger partial charge in [-0.15, -0.1) is 12.6 Å². The smallest absolute Gasteiger partial charge is 0.120 e. The van der Waals surface area contributed by atoms with Gasteiger partial charge in [-0.3, -0.25) is 0 Å². The lowest BCUT2D eigenvalue weighted by atomic mass is 10.1. The molecule has 0 spiro atoms.